The van der Waals surface area contributed by atoms with Crippen LogP contribution < -0.4 is 16.2 Å². The van der Waals surface area contributed by atoms with Crippen molar-refractivity contribution in [1.29, 1.82) is 0 Å². The molecule has 0 unspecified atom stereocenters. The molecule has 6 heteroatoms. The van der Waals surface area contributed by atoms with Crippen molar-refractivity contribution < 1.29 is 9.32 Å². The molecule has 1 aliphatic heterocycles. The summed E-state index contributed by atoms with van der Waals surface area (Å²) in [4.78, 5) is 11.1. The Bertz CT molecular complexity index is 576. The smallest absolute Gasteiger partial charge is 0.240 e. The Morgan fingerprint density at radius 1 is 1.33 bits per heavy atom. The zero-order valence-electron chi connectivity index (χ0n) is 9.59. The Hall–Kier alpha value is -2.50. The summed E-state index contributed by atoms with van der Waals surface area (Å²) in [6.45, 7) is 0.690. The van der Waals surface area contributed by atoms with Crippen LogP contribution in [0.4, 0.5) is 11.6 Å². The molecule has 0 spiro atoms. The number of hydrogen-bond donors (Lipinski definition) is 2. The lowest BCUT2D eigenvalue weighted by Crippen LogP contribution is -2.32. The molecule has 0 saturated carbocycles. The third-order valence-electron chi connectivity index (χ3n) is 2.83. The van der Waals surface area contributed by atoms with E-state index < -0.39 is 0 Å². The first-order valence-corrected chi connectivity index (χ1v) is 5.62. The molecule has 6 nitrogen and oxygen atoms in total. The number of nitrogen functional groups attached to an aromatic ring is 1. The third kappa shape index (κ3) is 1.88. The van der Waals surface area contributed by atoms with Crippen molar-refractivity contribution in [2.45, 2.75) is 6.42 Å². The zero-order chi connectivity index (χ0) is 12.5. The minimum Gasteiger partial charge on any atom is -0.368 e. The summed E-state index contributed by atoms with van der Waals surface area (Å²) in [6, 6.07) is 9.35. The molecule has 92 valence electrons. The first kappa shape index (κ1) is 10.6. The second kappa shape index (κ2) is 4.06. The van der Waals surface area contributed by atoms with E-state index in [9.17, 15) is 4.79 Å². The fraction of sp³-hybridized carbons (Fsp3) is 0.167. The highest BCUT2D eigenvalue weighted by molar-refractivity contribution is 5.81. The molecule has 2 aromatic rings. The van der Waals surface area contributed by atoms with Gasteiger partial charge in [-0.1, -0.05) is 17.3 Å². The minimum atomic E-state index is 0.0448. The first-order chi connectivity index (χ1) is 8.72. The number of anilines is 2. The Kier molecular flexibility index (Phi) is 2.40. The van der Waals surface area contributed by atoms with Crippen LogP contribution in [0.2, 0.25) is 0 Å². The van der Waals surface area contributed by atoms with E-state index in [0.717, 1.165) is 11.3 Å². The molecule has 18 heavy (non-hydrogen) atoms. The molecule has 1 saturated heterocycles. The van der Waals surface area contributed by atoms with Crippen LogP contribution >= 0.6 is 0 Å². The van der Waals surface area contributed by atoms with Crippen molar-refractivity contribution in [3.05, 3.63) is 30.3 Å². The van der Waals surface area contributed by atoms with Crippen molar-refractivity contribution in [2.75, 3.05) is 17.3 Å². The van der Waals surface area contributed by atoms with Crippen molar-refractivity contribution in [2.24, 2.45) is 0 Å². The predicted molar refractivity (Wildman–Crippen MR) is 66.5 cm³/mol. The van der Waals surface area contributed by atoms with E-state index in [4.69, 9.17) is 10.3 Å². The van der Waals surface area contributed by atoms with Crippen LogP contribution in [0.1, 0.15) is 6.42 Å². The fourth-order valence-corrected chi connectivity index (χ4v) is 1.91. The monoisotopic (exact) mass is 244 g/mol. The number of hydrazine groups is 1. The van der Waals surface area contributed by atoms with Crippen LogP contribution in [0.25, 0.3) is 11.3 Å². The molecule has 3 rings (SSSR count). The molecular weight excluding hydrogens is 232 g/mol. The molecule has 0 aliphatic carbocycles. The van der Waals surface area contributed by atoms with E-state index in [1.165, 1.54) is 0 Å². The number of rotatable bonds is 2. The molecular formula is C12H12N4O2. The van der Waals surface area contributed by atoms with Gasteiger partial charge in [-0.2, -0.15) is 0 Å². The van der Waals surface area contributed by atoms with Gasteiger partial charge in [-0.05, 0) is 12.1 Å². The molecule has 2 heterocycles. The maximum atomic E-state index is 11.1. The Balaban J connectivity index is 1.83. The van der Waals surface area contributed by atoms with Gasteiger partial charge in [0.2, 0.25) is 11.8 Å². The van der Waals surface area contributed by atoms with Gasteiger partial charge in [0.1, 0.15) is 5.69 Å². The topological polar surface area (TPSA) is 84.4 Å². The van der Waals surface area contributed by atoms with Crippen LogP contribution in [0.15, 0.2) is 34.9 Å². The van der Waals surface area contributed by atoms with Gasteiger partial charge in [0, 0.05) is 24.6 Å². The lowest BCUT2D eigenvalue weighted by molar-refractivity contribution is -0.119. The van der Waals surface area contributed by atoms with E-state index in [2.05, 4.69) is 10.6 Å². The molecule has 1 aromatic heterocycles. The number of carbonyl (C=O) groups excluding carboxylic acids is 1. The maximum Gasteiger partial charge on any atom is 0.240 e. The Morgan fingerprint density at radius 2 is 2.11 bits per heavy atom. The zero-order valence-corrected chi connectivity index (χ0v) is 9.59. The Morgan fingerprint density at radius 3 is 2.67 bits per heavy atom. The number of nitrogens with zero attached hydrogens (tertiary/aromatic N) is 2. The van der Waals surface area contributed by atoms with Crippen molar-refractivity contribution in [1.82, 2.24) is 10.6 Å². The van der Waals surface area contributed by atoms with Crippen LogP contribution in [0.3, 0.4) is 0 Å². The number of nitrogens with two attached hydrogens (primary N) is 1. The van der Waals surface area contributed by atoms with Gasteiger partial charge in [0.25, 0.3) is 0 Å². The number of hydrogen-bond acceptors (Lipinski definition) is 5. The van der Waals surface area contributed by atoms with E-state index in [1.54, 1.807) is 6.07 Å². The van der Waals surface area contributed by atoms with E-state index in [1.807, 2.05) is 29.3 Å². The molecule has 1 aliphatic rings. The fourth-order valence-electron chi connectivity index (χ4n) is 1.91. The molecule has 1 amide bonds. The van der Waals surface area contributed by atoms with E-state index in [0.29, 0.717) is 24.5 Å². The number of aromatic nitrogens is 1. The minimum absolute atomic E-state index is 0.0448. The third-order valence-corrected chi connectivity index (χ3v) is 2.83. The van der Waals surface area contributed by atoms with Crippen LogP contribution in [0, 0.1) is 0 Å². The van der Waals surface area contributed by atoms with E-state index in [-0.39, 0.29) is 5.91 Å². The van der Waals surface area contributed by atoms with Gasteiger partial charge in [-0.15, -0.1) is 0 Å². The molecule has 0 atom stereocenters. The molecule has 3 N–H and O–H groups in total. The molecule has 1 aromatic carbocycles. The second-order valence-corrected chi connectivity index (χ2v) is 4.10. The van der Waals surface area contributed by atoms with Gasteiger partial charge < -0.3 is 10.3 Å². The predicted octanol–water partition coefficient (Wildman–Crippen LogP) is 1.17. The lowest BCUT2D eigenvalue weighted by atomic mass is 10.1. The quantitative estimate of drug-likeness (QED) is 0.828. The molecule has 0 radical (unpaired) electrons. The summed E-state index contributed by atoms with van der Waals surface area (Å²) < 4.78 is 4.82. The summed E-state index contributed by atoms with van der Waals surface area (Å²) in [5, 5.41) is 5.66. The van der Waals surface area contributed by atoms with Crippen molar-refractivity contribution >= 4 is 17.5 Å². The highest BCUT2D eigenvalue weighted by Crippen LogP contribution is 2.23. The number of carbonyl (C=O) groups is 1. The summed E-state index contributed by atoms with van der Waals surface area (Å²) in [5.74, 6) is 0.337. The summed E-state index contributed by atoms with van der Waals surface area (Å²) in [6.07, 6.45) is 0.529. The van der Waals surface area contributed by atoms with Crippen molar-refractivity contribution in [3.8, 4) is 11.3 Å². The normalized spacial score (nSPS) is 14.9. The number of benzene rings is 1. The van der Waals surface area contributed by atoms with Gasteiger partial charge in [-0.25, -0.2) is 0 Å². The van der Waals surface area contributed by atoms with E-state index >= 15 is 0 Å². The number of amides is 1. The lowest BCUT2D eigenvalue weighted by Gasteiger charge is -2.17. The molecule has 1 fully saturated rings. The first-order valence-electron chi connectivity index (χ1n) is 5.62. The summed E-state index contributed by atoms with van der Waals surface area (Å²) in [7, 11) is 0. The maximum absolute atomic E-state index is 11.1. The van der Waals surface area contributed by atoms with Gasteiger partial charge in [0.05, 0.1) is 5.69 Å². The highest BCUT2D eigenvalue weighted by Gasteiger charge is 2.18. The van der Waals surface area contributed by atoms with Gasteiger partial charge in [0.15, 0.2) is 0 Å². The van der Waals surface area contributed by atoms with Gasteiger partial charge >= 0.3 is 0 Å². The molecule has 0 bridgehead atoms. The van der Waals surface area contributed by atoms with Crippen LogP contribution in [-0.2, 0) is 4.79 Å². The second-order valence-electron chi connectivity index (χ2n) is 4.10. The largest absolute Gasteiger partial charge is 0.368 e. The van der Waals surface area contributed by atoms with Crippen LogP contribution in [0.5, 0.6) is 0 Å². The SMILES string of the molecule is Nc1cc(-c2ccc(N3CCC(=O)N3)cc2)no1. The van der Waals surface area contributed by atoms with Crippen molar-refractivity contribution in [3.63, 3.8) is 0 Å². The summed E-state index contributed by atoms with van der Waals surface area (Å²) in [5.41, 5.74) is 10.8. The average molecular weight is 244 g/mol. The average Bonchev–Trinajstić information content (AvgIpc) is 2.98. The number of nitrogens with one attached hydrogen (secondary N) is 1. The van der Waals surface area contributed by atoms with Crippen LogP contribution in [-0.4, -0.2) is 17.6 Å². The Labute approximate surface area is 103 Å². The highest BCUT2D eigenvalue weighted by atomic mass is 16.5. The van der Waals surface area contributed by atoms with Gasteiger partial charge in [-0.3, -0.25) is 15.2 Å². The standard InChI is InChI=1S/C12H12N4O2/c13-11-7-10(15-18-11)8-1-3-9(4-2-8)16-6-5-12(17)14-16/h1-4,7H,5-6,13H2,(H,14,17). The summed E-state index contributed by atoms with van der Waals surface area (Å²) >= 11 is 0.